The molecule has 0 fully saturated rings. The van der Waals surface area contributed by atoms with Gasteiger partial charge in [-0.15, -0.1) is 0 Å². The molecule has 0 saturated carbocycles. The van der Waals surface area contributed by atoms with Gasteiger partial charge in [0, 0.05) is 18.5 Å². The summed E-state index contributed by atoms with van der Waals surface area (Å²) in [6.07, 6.45) is 5.77. The number of benzene rings is 1. The molecule has 100 valence electrons. The first-order valence-corrected chi connectivity index (χ1v) is 6.38. The van der Waals surface area contributed by atoms with E-state index in [-0.39, 0.29) is 0 Å². The van der Waals surface area contributed by atoms with Gasteiger partial charge in [-0.1, -0.05) is 12.1 Å². The molecule has 0 aliphatic rings. The molecule has 0 bridgehead atoms. The van der Waals surface area contributed by atoms with Gasteiger partial charge in [0.25, 0.3) is 0 Å². The van der Waals surface area contributed by atoms with Gasteiger partial charge in [-0.25, -0.2) is 4.98 Å². The van der Waals surface area contributed by atoms with Crippen LogP contribution in [0.3, 0.4) is 0 Å². The summed E-state index contributed by atoms with van der Waals surface area (Å²) in [5.74, 6) is 0.797. The molecule has 4 heteroatoms. The van der Waals surface area contributed by atoms with E-state index in [9.17, 15) is 0 Å². The summed E-state index contributed by atoms with van der Waals surface area (Å²) < 4.78 is 7.18. The fourth-order valence-corrected chi connectivity index (χ4v) is 2.02. The van der Waals surface area contributed by atoms with Crippen LogP contribution in [-0.2, 0) is 0 Å². The van der Waals surface area contributed by atoms with E-state index in [0.717, 1.165) is 22.8 Å². The molecule has 20 heavy (non-hydrogen) atoms. The fourth-order valence-electron chi connectivity index (χ4n) is 2.02. The van der Waals surface area contributed by atoms with E-state index in [1.165, 1.54) is 5.56 Å². The fraction of sp³-hybridized carbons (Fsp3) is 0.125. The summed E-state index contributed by atoms with van der Waals surface area (Å²) in [4.78, 5) is 8.92. The Morgan fingerprint density at radius 1 is 1.20 bits per heavy atom. The van der Waals surface area contributed by atoms with Gasteiger partial charge in [-0.2, -0.15) is 0 Å². The van der Waals surface area contributed by atoms with Crippen molar-refractivity contribution in [1.29, 1.82) is 0 Å². The van der Waals surface area contributed by atoms with E-state index in [4.69, 9.17) is 4.74 Å². The molecule has 3 aromatic rings. The lowest BCUT2D eigenvalue weighted by Gasteiger charge is -1.98. The normalized spacial score (nSPS) is 11.3. The number of hydrogen-bond donors (Lipinski definition) is 0. The topological polar surface area (TPSA) is 38.9 Å². The average Bonchev–Trinajstić information content (AvgIpc) is 2.87. The summed E-state index contributed by atoms with van der Waals surface area (Å²) in [6.45, 7) is 2.06. The third-order valence-corrected chi connectivity index (χ3v) is 3.02. The van der Waals surface area contributed by atoms with Crippen molar-refractivity contribution in [2.75, 3.05) is 7.11 Å². The van der Waals surface area contributed by atoms with Crippen LogP contribution in [0.5, 0.6) is 5.75 Å². The second-order valence-electron chi connectivity index (χ2n) is 4.60. The van der Waals surface area contributed by atoms with Crippen molar-refractivity contribution in [3.8, 4) is 5.75 Å². The molecular formula is C16H15N3O. The highest BCUT2D eigenvalue weighted by Crippen LogP contribution is 2.19. The van der Waals surface area contributed by atoms with E-state index in [1.54, 1.807) is 13.3 Å². The van der Waals surface area contributed by atoms with Gasteiger partial charge >= 0.3 is 0 Å². The van der Waals surface area contributed by atoms with Crippen LogP contribution in [0, 0.1) is 6.92 Å². The number of fused-ring (bicyclic) bond motifs is 1. The number of aliphatic imine (C=N–C) groups is 1. The highest BCUT2D eigenvalue weighted by atomic mass is 16.5. The number of pyridine rings is 1. The van der Waals surface area contributed by atoms with Crippen molar-refractivity contribution in [3.05, 3.63) is 60.0 Å². The van der Waals surface area contributed by atoms with Gasteiger partial charge in [-0.3, -0.25) is 4.99 Å². The first-order valence-electron chi connectivity index (χ1n) is 6.38. The Bertz CT molecular complexity index is 774. The maximum Gasteiger partial charge on any atom is 0.137 e. The van der Waals surface area contributed by atoms with Crippen LogP contribution in [0.1, 0.15) is 11.3 Å². The molecule has 3 rings (SSSR count). The minimum atomic E-state index is 0.797. The average molecular weight is 265 g/mol. The molecule has 0 amide bonds. The molecule has 0 saturated heterocycles. The second kappa shape index (κ2) is 5.17. The zero-order chi connectivity index (χ0) is 13.9. The minimum Gasteiger partial charge on any atom is -0.497 e. The van der Waals surface area contributed by atoms with Gasteiger partial charge in [-0.05, 0) is 30.7 Å². The molecule has 0 aliphatic carbocycles. The summed E-state index contributed by atoms with van der Waals surface area (Å²) in [7, 11) is 1.65. The quantitative estimate of drug-likeness (QED) is 0.681. The highest BCUT2D eigenvalue weighted by molar-refractivity contribution is 5.80. The van der Waals surface area contributed by atoms with Crippen molar-refractivity contribution in [3.63, 3.8) is 0 Å². The molecule has 0 N–H and O–H groups in total. The second-order valence-corrected chi connectivity index (χ2v) is 4.60. The zero-order valence-corrected chi connectivity index (χ0v) is 11.4. The van der Waals surface area contributed by atoms with Gasteiger partial charge in [0.05, 0.1) is 19.0 Å². The third kappa shape index (κ3) is 2.54. The lowest BCUT2D eigenvalue weighted by atomic mass is 10.3. The molecule has 0 radical (unpaired) electrons. The Hall–Kier alpha value is -2.62. The van der Waals surface area contributed by atoms with Crippen LogP contribution in [0.25, 0.3) is 5.65 Å². The predicted octanol–water partition coefficient (Wildman–Crippen LogP) is 3.40. The molecule has 0 atom stereocenters. The highest BCUT2D eigenvalue weighted by Gasteiger charge is 1.99. The van der Waals surface area contributed by atoms with Crippen LogP contribution in [0.4, 0.5) is 5.69 Å². The van der Waals surface area contributed by atoms with Crippen LogP contribution in [0.2, 0.25) is 0 Å². The van der Waals surface area contributed by atoms with Crippen LogP contribution in [-0.4, -0.2) is 22.7 Å². The van der Waals surface area contributed by atoms with Gasteiger partial charge in [0.15, 0.2) is 0 Å². The summed E-state index contributed by atoms with van der Waals surface area (Å²) in [5, 5.41) is 0. The number of ether oxygens (including phenoxy) is 1. The number of imidazole rings is 1. The number of methoxy groups -OCH3 is 1. The predicted molar refractivity (Wildman–Crippen MR) is 80.2 cm³/mol. The molecular weight excluding hydrogens is 250 g/mol. The van der Waals surface area contributed by atoms with Gasteiger partial charge < -0.3 is 9.14 Å². The monoisotopic (exact) mass is 265 g/mol. The van der Waals surface area contributed by atoms with E-state index in [1.807, 2.05) is 53.2 Å². The zero-order valence-electron chi connectivity index (χ0n) is 11.4. The van der Waals surface area contributed by atoms with Crippen molar-refractivity contribution >= 4 is 17.5 Å². The first-order chi connectivity index (χ1) is 9.74. The number of aryl methyl sites for hydroxylation is 1. The smallest absolute Gasteiger partial charge is 0.137 e. The molecule has 2 aromatic heterocycles. The Labute approximate surface area is 117 Å². The Kier molecular flexibility index (Phi) is 3.21. The van der Waals surface area contributed by atoms with Crippen LogP contribution in [0.15, 0.2) is 53.8 Å². The number of hydrogen-bond acceptors (Lipinski definition) is 3. The van der Waals surface area contributed by atoms with Crippen molar-refractivity contribution in [1.82, 2.24) is 9.38 Å². The lowest BCUT2D eigenvalue weighted by Crippen LogP contribution is -1.82. The summed E-state index contributed by atoms with van der Waals surface area (Å²) >= 11 is 0. The molecule has 0 unspecified atom stereocenters. The van der Waals surface area contributed by atoms with E-state index >= 15 is 0 Å². The Balaban J connectivity index is 1.89. The maximum atomic E-state index is 5.17. The van der Waals surface area contributed by atoms with Gasteiger partial charge in [0.1, 0.15) is 17.1 Å². The van der Waals surface area contributed by atoms with Crippen molar-refractivity contribution in [2.45, 2.75) is 6.92 Å². The van der Waals surface area contributed by atoms with E-state index < -0.39 is 0 Å². The lowest BCUT2D eigenvalue weighted by molar-refractivity contribution is 0.415. The first kappa shape index (κ1) is 12.4. The Morgan fingerprint density at radius 3 is 2.95 bits per heavy atom. The minimum absolute atomic E-state index is 0.797. The van der Waals surface area contributed by atoms with Crippen molar-refractivity contribution in [2.24, 2.45) is 4.99 Å². The molecule has 1 aromatic carbocycles. The van der Waals surface area contributed by atoms with E-state index in [2.05, 4.69) is 16.9 Å². The van der Waals surface area contributed by atoms with Crippen LogP contribution >= 0.6 is 0 Å². The Morgan fingerprint density at radius 2 is 2.10 bits per heavy atom. The molecule has 0 spiro atoms. The maximum absolute atomic E-state index is 5.17. The SMILES string of the molecule is COc1cccc(N=Cc2cn3cc(C)ccc3n2)c1. The van der Waals surface area contributed by atoms with Gasteiger partial charge in [0.2, 0.25) is 0 Å². The molecule has 2 heterocycles. The molecule has 4 nitrogen and oxygen atoms in total. The van der Waals surface area contributed by atoms with Crippen LogP contribution < -0.4 is 4.74 Å². The molecule has 0 aliphatic heterocycles. The standard InChI is InChI=1S/C16H15N3O/c1-12-6-7-16-18-14(11-19(16)10-12)9-17-13-4-3-5-15(8-13)20-2/h3-11H,1-2H3. The van der Waals surface area contributed by atoms with E-state index in [0.29, 0.717) is 0 Å². The number of nitrogens with zero attached hydrogens (tertiary/aromatic N) is 3. The third-order valence-electron chi connectivity index (χ3n) is 3.02. The number of rotatable bonds is 3. The summed E-state index contributed by atoms with van der Waals surface area (Å²) in [5.41, 5.74) is 3.80. The number of aromatic nitrogens is 2. The largest absolute Gasteiger partial charge is 0.497 e. The summed E-state index contributed by atoms with van der Waals surface area (Å²) in [6, 6.07) is 11.7. The van der Waals surface area contributed by atoms with Crippen molar-refractivity contribution < 1.29 is 4.74 Å².